The minimum absolute atomic E-state index is 1.07. The summed E-state index contributed by atoms with van der Waals surface area (Å²) in [5.74, 6) is 0. The number of nitrogens with zero attached hydrogens (tertiary/aromatic N) is 1. The highest BCUT2D eigenvalue weighted by Crippen LogP contribution is 2.30. The second-order valence-electron chi connectivity index (χ2n) is 2.92. The van der Waals surface area contributed by atoms with Crippen LogP contribution < -0.4 is 0 Å². The zero-order valence-electron chi connectivity index (χ0n) is 6.67. The Kier molecular flexibility index (Phi) is 1.25. The Hall–Kier alpha value is -1.24. The maximum absolute atomic E-state index is 4.00. The molecule has 0 fully saturated rings. The van der Waals surface area contributed by atoms with Crippen molar-refractivity contribution in [2.24, 2.45) is 0 Å². The van der Waals surface area contributed by atoms with Gasteiger partial charge in [0.1, 0.15) is 0 Å². The van der Waals surface area contributed by atoms with Gasteiger partial charge in [0.15, 0.2) is 0 Å². The quantitative estimate of drug-likeness (QED) is 0.505. The minimum atomic E-state index is 1.07. The van der Waals surface area contributed by atoms with Crippen LogP contribution in [0.3, 0.4) is 0 Å². The zero-order valence-corrected chi connectivity index (χ0v) is 6.67. The van der Waals surface area contributed by atoms with E-state index < -0.39 is 0 Å². The molecule has 1 aliphatic heterocycles. The summed E-state index contributed by atoms with van der Waals surface area (Å²) in [6.07, 6.45) is 9.62. The Morgan fingerprint density at radius 1 is 1.45 bits per heavy atom. The van der Waals surface area contributed by atoms with Crippen molar-refractivity contribution in [2.75, 3.05) is 7.05 Å². The van der Waals surface area contributed by atoms with E-state index in [1.54, 1.807) is 0 Å². The first-order valence-electron chi connectivity index (χ1n) is 3.79. The molecule has 11 heavy (non-hydrogen) atoms. The molecule has 0 aromatic rings. The minimum Gasteiger partial charge on any atom is -0.351 e. The Morgan fingerprint density at radius 2 is 2.27 bits per heavy atom. The van der Waals surface area contributed by atoms with E-state index in [-0.39, 0.29) is 0 Å². The molecule has 56 valence electrons. The van der Waals surface area contributed by atoms with Gasteiger partial charge in [-0.05, 0) is 18.1 Å². The van der Waals surface area contributed by atoms with Gasteiger partial charge in [-0.15, -0.1) is 0 Å². The molecule has 0 N–H and O–H groups in total. The second-order valence-corrected chi connectivity index (χ2v) is 2.92. The normalized spacial score (nSPS) is 21.5. The Labute approximate surface area is 67.0 Å². The summed E-state index contributed by atoms with van der Waals surface area (Å²) in [7, 11) is 2.02. The van der Waals surface area contributed by atoms with E-state index in [1.807, 2.05) is 7.05 Å². The third kappa shape index (κ3) is 0.845. The van der Waals surface area contributed by atoms with Gasteiger partial charge in [0, 0.05) is 24.5 Å². The smallest absolute Gasteiger partial charge is 0.0406 e. The third-order valence-electron chi connectivity index (χ3n) is 2.20. The van der Waals surface area contributed by atoms with Crippen molar-refractivity contribution >= 4 is 0 Å². The summed E-state index contributed by atoms with van der Waals surface area (Å²) in [6, 6.07) is 0. The third-order valence-corrected chi connectivity index (χ3v) is 2.20. The van der Waals surface area contributed by atoms with Crippen LogP contribution in [0.2, 0.25) is 0 Å². The highest BCUT2D eigenvalue weighted by molar-refractivity contribution is 5.52. The average Bonchev–Trinajstić information content (AvgIpc) is 2.45. The van der Waals surface area contributed by atoms with E-state index in [0.29, 0.717) is 0 Å². The Balaban J connectivity index is 2.44. The van der Waals surface area contributed by atoms with E-state index in [9.17, 15) is 0 Å². The number of hydrogen-bond donors (Lipinski definition) is 0. The van der Waals surface area contributed by atoms with Crippen molar-refractivity contribution in [1.29, 1.82) is 0 Å². The molecule has 0 atom stereocenters. The van der Waals surface area contributed by atoms with Gasteiger partial charge in [0.25, 0.3) is 0 Å². The highest BCUT2D eigenvalue weighted by Gasteiger charge is 2.15. The maximum atomic E-state index is 4.00. The van der Waals surface area contributed by atoms with Crippen LogP contribution in [0.1, 0.15) is 6.42 Å². The van der Waals surface area contributed by atoms with Crippen LogP contribution in [-0.2, 0) is 0 Å². The fraction of sp³-hybridized carbons (Fsp3) is 0.200. The molecule has 0 aromatic carbocycles. The van der Waals surface area contributed by atoms with Gasteiger partial charge < -0.3 is 4.90 Å². The van der Waals surface area contributed by atoms with E-state index in [2.05, 4.69) is 35.9 Å². The molecule has 1 heterocycles. The summed E-state index contributed by atoms with van der Waals surface area (Å²) < 4.78 is 0. The lowest BCUT2D eigenvalue weighted by Gasteiger charge is -2.22. The standard InChI is InChI=1S/C10H11N/c1-8-10-5-3-4-9(10)6-7-11(8)2/h3,5-7H,1,4H2,2H3. The monoisotopic (exact) mass is 145 g/mol. The first-order chi connectivity index (χ1) is 5.29. The Morgan fingerprint density at radius 3 is 3.09 bits per heavy atom. The first kappa shape index (κ1) is 6.47. The summed E-state index contributed by atoms with van der Waals surface area (Å²) in [5.41, 5.74) is 3.80. The van der Waals surface area contributed by atoms with Gasteiger partial charge in [0.05, 0.1) is 0 Å². The van der Waals surface area contributed by atoms with Crippen LogP contribution in [0.5, 0.6) is 0 Å². The van der Waals surface area contributed by atoms with Crippen LogP contribution in [0.4, 0.5) is 0 Å². The van der Waals surface area contributed by atoms with Crippen molar-refractivity contribution in [3.8, 4) is 0 Å². The predicted octanol–water partition coefficient (Wildman–Crippen LogP) is 2.22. The van der Waals surface area contributed by atoms with Gasteiger partial charge in [-0.3, -0.25) is 0 Å². The first-order valence-corrected chi connectivity index (χ1v) is 3.79. The van der Waals surface area contributed by atoms with Gasteiger partial charge in [0.2, 0.25) is 0 Å². The van der Waals surface area contributed by atoms with Gasteiger partial charge in [-0.25, -0.2) is 0 Å². The molecule has 1 aliphatic carbocycles. The highest BCUT2D eigenvalue weighted by atomic mass is 15.1. The zero-order chi connectivity index (χ0) is 7.84. The van der Waals surface area contributed by atoms with Crippen LogP contribution in [0.15, 0.2) is 47.9 Å². The molecular weight excluding hydrogens is 134 g/mol. The molecule has 0 saturated carbocycles. The molecule has 2 aliphatic rings. The molecule has 2 rings (SSSR count). The van der Waals surface area contributed by atoms with Crippen LogP contribution in [0, 0.1) is 0 Å². The summed E-state index contributed by atoms with van der Waals surface area (Å²) in [4.78, 5) is 2.05. The molecule has 0 saturated heterocycles. The molecule has 1 heteroatoms. The molecule has 0 bridgehead atoms. The largest absolute Gasteiger partial charge is 0.351 e. The van der Waals surface area contributed by atoms with E-state index in [0.717, 1.165) is 12.1 Å². The van der Waals surface area contributed by atoms with E-state index in [4.69, 9.17) is 0 Å². The average molecular weight is 145 g/mol. The number of allylic oxidation sites excluding steroid dienone is 4. The van der Waals surface area contributed by atoms with Gasteiger partial charge >= 0.3 is 0 Å². The molecule has 0 unspecified atom stereocenters. The van der Waals surface area contributed by atoms with Crippen molar-refractivity contribution in [1.82, 2.24) is 4.90 Å². The predicted molar refractivity (Wildman–Crippen MR) is 46.8 cm³/mol. The summed E-state index contributed by atoms with van der Waals surface area (Å²) in [6.45, 7) is 4.00. The van der Waals surface area contributed by atoms with Crippen LogP contribution in [0.25, 0.3) is 0 Å². The van der Waals surface area contributed by atoms with Crippen molar-refractivity contribution in [2.45, 2.75) is 6.42 Å². The van der Waals surface area contributed by atoms with Gasteiger partial charge in [-0.2, -0.15) is 0 Å². The lowest BCUT2D eigenvalue weighted by Crippen LogP contribution is -2.13. The number of rotatable bonds is 0. The summed E-state index contributed by atoms with van der Waals surface area (Å²) >= 11 is 0. The number of likely N-dealkylation sites (N-methyl/N-ethyl adjacent to an activating group) is 1. The second kappa shape index (κ2) is 2.12. The molecule has 0 amide bonds. The lowest BCUT2D eigenvalue weighted by atomic mass is 10.1. The topological polar surface area (TPSA) is 3.24 Å². The maximum Gasteiger partial charge on any atom is 0.0406 e. The van der Waals surface area contributed by atoms with Gasteiger partial charge in [-0.1, -0.05) is 18.7 Å². The fourth-order valence-corrected chi connectivity index (χ4v) is 1.44. The summed E-state index contributed by atoms with van der Waals surface area (Å²) in [5, 5.41) is 0. The Bertz CT molecular complexity index is 292. The molecule has 1 nitrogen and oxygen atoms in total. The van der Waals surface area contributed by atoms with Crippen LogP contribution in [-0.4, -0.2) is 11.9 Å². The van der Waals surface area contributed by atoms with E-state index in [1.165, 1.54) is 11.1 Å². The van der Waals surface area contributed by atoms with E-state index >= 15 is 0 Å². The van der Waals surface area contributed by atoms with Crippen molar-refractivity contribution in [3.63, 3.8) is 0 Å². The lowest BCUT2D eigenvalue weighted by molar-refractivity contribution is 0.577. The molecule has 0 radical (unpaired) electrons. The van der Waals surface area contributed by atoms with Crippen molar-refractivity contribution < 1.29 is 0 Å². The molecule has 0 spiro atoms. The van der Waals surface area contributed by atoms with Crippen LogP contribution >= 0.6 is 0 Å². The number of hydrogen-bond acceptors (Lipinski definition) is 1. The molecular formula is C10H11N. The SMILES string of the molecule is C=C1C2=C(C=CN1C)CC=C2. The fourth-order valence-electron chi connectivity index (χ4n) is 1.44. The van der Waals surface area contributed by atoms with Crippen molar-refractivity contribution in [3.05, 3.63) is 47.9 Å². The molecule has 0 aromatic heterocycles.